The number of nitrogens with zero attached hydrogens (tertiary/aromatic N) is 1. The van der Waals surface area contributed by atoms with Gasteiger partial charge >= 0.3 is 5.97 Å². The Kier molecular flexibility index (Phi) is 8.76. The highest BCUT2D eigenvalue weighted by atomic mass is 35.5. The molecule has 0 aromatic heterocycles. The molecule has 0 saturated carbocycles. The van der Waals surface area contributed by atoms with Crippen molar-refractivity contribution in [3.8, 4) is 0 Å². The molecule has 0 spiro atoms. The third-order valence-corrected chi connectivity index (χ3v) is 3.32. The van der Waals surface area contributed by atoms with E-state index in [4.69, 9.17) is 8.92 Å². The van der Waals surface area contributed by atoms with Crippen molar-refractivity contribution in [2.75, 3.05) is 33.9 Å². The van der Waals surface area contributed by atoms with E-state index in [0.29, 0.717) is 11.0 Å². The van der Waals surface area contributed by atoms with Gasteiger partial charge in [0.1, 0.15) is 19.3 Å². The zero-order chi connectivity index (χ0) is 16.8. The molecule has 6 nitrogen and oxygen atoms in total. The summed E-state index contributed by atoms with van der Waals surface area (Å²) in [5.41, 5.74) is 0.878. The highest BCUT2D eigenvalue weighted by Crippen LogP contribution is 2.10. The van der Waals surface area contributed by atoms with Crippen LogP contribution in [-0.4, -0.2) is 58.9 Å². The fourth-order valence-electron chi connectivity index (χ4n) is 1.97. The molecule has 0 fully saturated rings. The molecule has 23 heavy (non-hydrogen) atoms. The Hall–Kier alpha value is -1.15. The van der Waals surface area contributed by atoms with Crippen LogP contribution >= 0.6 is 0 Å². The summed E-state index contributed by atoms with van der Waals surface area (Å²) < 4.78 is 33.3. The summed E-state index contributed by atoms with van der Waals surface area (Å²) in [6, 6.07) is 9.29. The Bertz CT molecular complexity index is 584. The molecule has 0 saturated heterocycles. The normalized spacial score (nSPS) is 13.0. The number of esters is 1. The van der Waals surface area contributed by atoms with Crippen LogP contribution in [0.5, 0.6) is 0 Å². The van der Waals surface area contributed by atoms with Gasteiger partial charge in [0.25, 0.3) is 10.1 Å². The van der Waals surface area contributed by atoms with Gasteiger partial charge in [-0.3, -0.25) is 8.98 Å². The maximum Gasteiger partial charge on any atom is 0.309 e. The van der Waals surface area contributed by atoms with E-state index in [1.165, 1.54) is 0 Å². The third kappa shape index (κ3) is 11.1. The number of carbonyl (C=O) groups excluding carboxylic acids is 1. The lowest BCUT2D eigenvalue weighted by atomic mass is 10.2. The zero-order valence-corrected chi connectivity index (χ0v) is 15.4. The van der Waals surface area contributed by atoms with Gasteiger partial charge in [-0.1, -0.05) is 30.3 Å². The number of hydrogen-bond donors (Lipinski definition) is 0. The lowest BCUT2D eigenvalue weighted by Crippen LogP contribution is -3.00. The lowest BCUT2D eigenvalue weighted by molar-refractivity contribution is -0.873. The summed E-state index contributed by atoms with van der Waals surface area (Å²) in [4.78, 5) is 11.9. The smallest absolute Gasteiger partial charge is 0.309 e. The van der Waals surface area contributed by atoms with Gasteiger partial charge in [0, 0.05) is 0 Å². The SMILES string of the molecule is C[N+](C)(C)C[C@H](CC(=O)OCc1ccccc1)OS(C)(=O)=O.[Cl-]. The molecule has 0 radical (unpaired) electrons. The molecular formula is C15H24ClNO5S. The van der Waals surface area contributed by atoms with E-state index in [1.807, 2.05) is 51.5 Å². The minimum absolute atomic E-state index is 0. The summed E-state index contributed by atoms with van der Waals surface area (Å²) in [5, 5.41) is 0. The summed E-state index contributed by atoms with van der Waals surface area (Å²) >= 11 is 0. The molecule has 1 aromatic rings. The van der Waals surface area contributed by atoms with Gasteiger partial charge in [0.2, 0.25) is 0 Å². The largest absolute Gasteiger partial charge is 1.00 e. The zero-order valence-electron chi connectivity index (χ0n) is 13.9. The van der Waals surface area contributed by atoms with Crippen molar-refractivity contribution in [1.82, 2.24) is 0 Å². The van der Waals surface area contributed by atoms with Gasteiger partial charge in [-0.05, 0) is 5.56 Å². The first-order valence-corrected chi connectivity index (χ1v) is 8.75. The molecule has 0 aliphatic carbocycles. The third-order valence-electron chi connectivity index (χ3n) is 2.70. The van der Waals surface area contributed by atoms with Crippen LogP contribution in [0.2, 0.25) is 0 Å². The van der Waals surface area contributed by atoms with Gasteiger partial charge < -0.3 is 21.6 Å². The van der Waals surface area contributed by atoms with E-state index in [9.17, 15) is 13.2 Å². The first-order chi connectivity index (χ1) is 10.1. The molecule has 1 aromatic carbocycles. The quantitative estimate of drug-likeness (QED) is 0.308. The molecule has 1 atom stereocenters. The molecule has 0 N–H and O–H groups in total. The van der Waals surface area contributed by atoms with E-state index >= 15 is 0 Å². The van der Waals surface area contributed by atoms with E-state index < -0.39 is 22.2 Å². The van der Waals surface area contributed by atoms with E-state index in [0.717, 1.165) is 11.8 Å². The van der Waals surface area contributed by atoms with Crippen LogP contribution in [0.3, 0.4) is 0 Å². The molecule has 0 aliphatic rings. The molecule has 0 bridgehead atoms. The molecule has 1 rings (SSSR count). The minimum atomic E-state index is -3.63. The van der Waals surface area contributed by atoms with Crippen molar-refractivity contribution in [3.63, 3.8) is 0 Å². The molecule has 0 aliphatic heterocycles. The maximum absolute atomic E-state index is 11.9. The van der Waals surface area contributed by atoms with E-state index in [2.05, 4.69) is 0 Å². The predicted octanol–water partition coefficient (Wildman–Crippen LogP) is -1.83. The molecule has 132 valence electrons. The van der Waals surface area contributed by atoms with E-state index in [-0.39, 0.29) is 25.4 Å². The average Bonchev–Trinajstić information content (AvgIpc) is 2.33. The number of ether oxygens (including phenoxy) is 1. The second kappa shape index (κ2) is 9.22. The van der Waals surface area contributed by atoms with Crippen LogP contribution < -0.4 is 12.4 Å². The fourth-order valence-corrected chi connectivity index (χ4v) is 2.59. The van der Waals surface area contributed by atoms with Gasteiger partial charge in [-0.2, -0.15) is 8.42 Å². The minimum Gasteiger partial charge on any atom is -1.00 e. The summed E-state index contributed by atoms with van der Waals surface area (Å²) in [7, 11) is 2.06. The fraction of sp³-hybridized carbons (Fsp3) is 0.533. The summed E-state index contributed by atoms with van der Waals surface area (Å²) in [6.45, 7) is 0.545. The van der Waals surface area contributed by atoms with Gasteiger partial charge in [-0.15, -0.1) is 0 Å². The standard InChI is InChI=1S/C15H24NO5S.ClH/c1-16(2,3)11-14(21-22(4,18)19)10-15(17)20-12-13-8-6-5-7-9-13;/h5-9,14H,10-12H2,1-4H3;1H/q+1;/p-1/t14-;/m0./s1. The van der Waals surface area contributed by atoms with Crippen LogP contribution in [0.25, 0.3) is 0 Å². The van der Waals surface area contributed by atoms with Crippen molar-refractivity contribution in [3.05, 3.63) is 35.9 Å². The van der Waals surface area contributed by atoms with Crippen LogP contribution in [-0.2, 0) is 30.4 Å². The van der Waals surface area contributed by atoms with Crippen molar-refractivity contribution < 1.29 is 39.0 Å². The Morgan fingerprint density at radius 1 is 1.17 bits per heavy atom. The topological polar surface area (TPSA) is 69.7 Å². The van der Waals surface area contributed by atoms with Crippen LogP contribution in [0.15, 0.2) is 30.3 Å². The van der Waals surface area contributed by atoms with Crippen LogP contribution in [0.1, 0.15) is 12.0 Å². The molecule has 0 heterocycles. The van der Waals surface area contributed by atoms with Gasteiger partial charge in [0.05, 0.1) is 33.8 Å². The Balaban J connectivity index is 0.00000484. The van der Waals surface area contributed by atoms with Crippen LogP contribution in [0, 0.1) is 0 Å². The molecule has 0 amide bonds. The van der Waals surface area contributed by atoms with Crippen LogP contribution in [0.4, 0.5) is 0 Å². The molecule has 8 heteroatoms. The second-order valence-electron chi connectivity index (χ2n) is 6.25. The van der Waals surface area contributed by atoms with Crippen molar-refractivity contribution in [1.29, 1.82) is 0 Å². The first-order valence-electron chi connectivity index (χ1n) is 6.93. The highest BCUT2D eigenvalue weighted by Gasteiger charge is 2.26. The number of benzene rings is 1. The summed E-state index contributed by atoms with van der Waals surface area (Å²) in [6.07, 6.45) is 0.138. The number of quaternary nitrogens is 1. The molecule has 0 unspecified atom stereocenters. The summed E-state index contributed by atoms with van der Waals surface area (Å²) in [5.74, 6) is -0.481. The Morgan fingerprint density at radius 2 is 1.74 bits per heavy atom. The van der Waals surface area contributed by atoms with Crippen molar-refractivity contribution >= 4 is 16.1 Å². The van der Waals surface area contributed by atoms with Gasteiger partial charge in [-0.25, -0.2) is 0 Å². The number of carbonyl (C=O) groups is 1. The number of rotatable bonds is 8. The Labute approximate surface area is 144 Å². The maximum atomic E-state index is 11.9. The number of halogens is 1. The van der Waals surface area contributed by atoms with Crippen molar-refractivity contribution in [2.24, 2.45) is 0 Å². The Morgan fingerprint density at radius 3 is 2.22 bits per heavy atom. The monoisotopic (exact) mass is 365 g/mol. The second-order valence-corrected chi connectivity index (χ2v) is 7.85. The lowest BCUT2D eigenvalue weighted by Gasteiger charge is -2.28. The predicted molar refractivity (Wildman–Crippen MR) is 83.5 cm³/mol. The van der Waals surface area contributed by atoms with E-state index in [1.54, 1.807) is 0 Å². The average molecular weight is 366 g/mol. The molecular weight excluding hydrogens is 342 g/mol. The number of hydrogen-bond acceptors (Lipinski definition) is 5. The van der Waals surface area contributed by atoms with Gasteiger partial charge in [0.15, 0.2) is 0 Å². The number of likely N-dealkylation sites (N-methyl/N-ethyl adjacent to an activating group) is 1. The highest BCUT2D eigenvalue weighted by molar-refractivity contribution is 7.86. The first kappa shape index (κ1) is 21.9. The van der Waals surface area contributed by atoms with Crippen molar-refractivity contribution in [2.45, 2.75) is 19.1 Å².